The van der Waals surface area contributed by atoms with E-state index in [9.17, 15) is 19.5 Å². The summed E-state index contributed by atoms with van der Waals surface area (Å²) in [7, 11) is 0. The molecule has 1 fully saturated rings. The zero-order valence-electron chi connectivity index (χ0n) is 26.3. The van der Waals surface area contributed by atoms with Crippen LogP contribution in [-0.4, -0.2) is 59.6 Å². The van der Waals surface area contributed by atoms with Crippen molar-refractivity contribution in [2.45, 2.75) is 63.6 Å². The predicted molar refractivity (Wildman–Crippen MR) is 176 cm³/mol. The molecule has 4 atom stereocenters. The van der Waals surface area contributed by atoms with Gasteiger partial charge in [-0.3, -0.25) is 14.4 Å². The van der Waals surface area contributed by atoms with E-state index in [0.29, 0.717) is 38.8 Å². The average molecular weight is 625 g/mol. The van der Waals surface area contributed by atoms with Crippen molar-refractivity contribution in [3.63, 3.8) is 0 Å². The van der Waals surface area contributed by atoms with Crippen LogP contribution in [0.1, 0.15) is 48.8 Å². The van der Waals surface area contributed by atoms with E-state index in [1.165, 1.54) is 0 Å². The number of hydrogen-bond acceptors (Lipinski definition) is 6. The largest absolute Gasteiger partial charge is 0.489 e. The molecule has 0 bridgehead atoms. The third-order valence-corrected chi connectivity index (χ3v) is 8.79. The summed E-state index contributed by atoms with van der Waals surface area (Å²) >= 11 is 0. The Labute approximate surface area is 271 Å². The smallest absolute Gasteiger partial charge is 0.309 e. The molecule has 8 heteroatoms. The first-order chi connectivity index (χ1) is 22.5. The lowest BCUT2D eigenvalue weighted by Crippen LogP contribution is -2.45. The van der Waals surface area contributed by atoms with Gasteiger partial charge in [0.25, 0.3) is 0 Å². The number of cyclic esters (lactones) is 1. The molecule has 0 aromatic heterocycles. The Morgan fingerprint density at radius 3 is 2.20 bits per heavy atom. The topological polar surface area (TPSA) is 105 Å². The van der Waals surface area contributed by atoms with E-state index in [1.807, 2.05) is 97.1 Å². The molecule has 0 aliphatic carbocycles. The van der Waals surface area contributed by atoms with E-state index in [-0.39, 0.29) is 49.4 Å². The first-order valence-corrected chi connectivity index (χ1v) is 16.3. The summed E-state index contributed by atoms with van der Waals surface area (Å²) in [5.41, 5.74) is 3.09. The molecule has 2 aliphatic rings. The minimum absolute atomic E-state index is 0.0191. The molecule has 46 heavy (non-hydrogen) atoms. The Balaban J connectivity index is 1.30. The second-order valence-corrected chi connectivity index (χ2v) is 12.3. The molecular weight excluding hydrogens is 580 g/mol. The molecule has 3 aromatic rings. The zero-order valence-corrected chi connectivity index (χ0v) is 26.3. The molecule has 2 heterocycles. The van der Waals surface area contributed by atoms with Crippen molar-refractivity contribution >= 4 is 17.8 Å². The fraction of sp³-hybridized carbons (Fsp3) is 0.395. The van der Waals surface area contributed by atoms with E-state index in [2.05, 4.69) is 5.32 Å². The number of nitrogens with zero attached hydrogens (tertiary/aromatic N) is 1. The second-order valence-electron chi connectivity index (χ2n) is 12.3. The number of carbonyl (C=O) groups excluding carboxylic acids is 3. The monoisotopic (exact) mass is 624 g/mol. The van der Waals surface area contributed by atoms with E-state index in [0.717, 1.165) is 35.3 Å². The number of rotatable bonds is 10. The third kappa shape index (κ3) is 9.54. The van der Waals surface area contributed by atoms with Gasteiger partial charge in [0.15, 0.2) is 0 Å². The lowest BCUT2D eigenvalue weighted by Gasteiger charge is -2.27. The van der Waals surface area contributed by atoms with Gasteiger partial charge in [-0.05, 0) is 67.3 Å². The molecule has 0 spiro atoms. The first-order valence-electron chi connectivity index (χ1n) is 16.3. The van der Waals surface area contributed by atoms with Crippen molar-refractivity contribution in [3.8, 4) is 5.75 Å². The Bertz CT molecular complexity index is 1440. The van der Waals surface area contributed by atoms with Crippen molar-refractivity contribution in [1.29, 1.82) is 0 Å². The van der Waals surface area contributed by atoms with Gasteiger partial charge in [0.05, 0.1) is 30.5 Å². The minimum atomic E-state index is -0.581. The van der Waals surface area contributed by atoms with Gasteiger partial charge in [-0.15, -0.1) is 0 Å². The maximum atomic E-state index is 13.7. The summed E-state index contributed by atoms with van der Waals surface area (Å²) < 4.78 is 11.8. The van der Waals surface area contributed by atoms with E-state index in [4.69, 9.17) is 9.47 Å². The number of esters is 1. The number of allylic oxidation sites excluding steroid dienone is 2. The summed E-state index contributed by atoms with van der Waals surface area (Å²) in [5.74, 6) is -0.878. The number of likely N-dealkylation sites (tertiary alicyclic amines) is 1. The van der Waals surface area contributed by atoms with Crippen LogP contribution in [0.5, 0.6) is 5.75 Å². The molecule has 1 saturated heterocycles. The fourth-order valence-corrected chi connectivity index (χ4v) is 6.17. The minimum Gasteiger partial charge on any atom is -0.489 e. The molecule has 4 unspecified atom stereocenters. The van der Waals surface area contributed by atoms with Crippen LogP contribution < -0.4 is 10.1 Å². The summed E-state index contributed by atoms with van der Waals surface area (Å²) in [5, 5.41) is 12.8. The van der Waals surface area contributed by atoms with Crippen LogP contribution in [0.15, 0.2) is 97.1 Å². The summed E-state index contributed by atoms with van der Waals surface area (Å²) in [4.78, 5) is 42.0. The number of aliphatic hydroxyl groups is 1. The lowest BCUT2D eigenvalue weighted by atomic mass is 9.94. The number of amides is 2. The fourth-order valence-electron chi connectivity index (χ4n) is 6.17. The van der Waals surface area contributed by atoms with Crippen molar-refractivity contribution < 1.29 is 29.0 Å². The van der Waals surface area contributed by atoms with Gasteiger partial charge in [-0.25, -0.2) is 0 Å². The Morgan fingerprint density at radius 2 is 1.50 bits per heavy atom. The molecule has 242 valence electrons. The summed E-state index contributed by atoms with van der Waals surface area (Å²) in [6.07, 6.45) is 7.34. The van der Waals surface area contributed by atoms with Gasteiger partial charge in [0.2, 0.25) is 11.8 Å². The standard InChI is InChI=1S/C38H44N2O6/c41-25-34-16-9-21-40(34)36(42)24-31-14-7-8-15-32(22-28-10-3-1-4-11-28)38(44)46-27-33(39-37(31)43)23-29-17-19-35(20-18-29)45-26-30-12-5-2-6-13-30/h1-8,10-13,17-20,31-34,41H,9,14-16,21-27H2,(H,39,43). The number of ether oxygens (including phenoxy) is 2. The number of carbonyl (C=O) groups is 3. The first kappa shape index (κ1) is 32.9. The lowest BCUT2D eigenvalue weighted by molar-refractivity contribution is -0.150. The highest BCUT2D eigenvalue weighted by atomic mass is 16.5. The van der Waals surface area contributed by atoms with E-state index < -0.39 is 12.0 Å². The Morgan fingerprint density at radius 1 is 0.848 bits per heavy atom. The maximum absolute atomic E-state index is 13.7. The van der Waals surface area contributed by atoms with Crippen molar-refractivity contribution in [3.05, 3.63) is 114 Å². The zero-order chi connectivity index (χ0) is 32.1. The van der Waals surface area contributed by atoms with Crippen molar-refractivity contribution in [1.82, 2.24) is 10.2 Å². The average Bonchev–Trinajstić information content (AvgIpc) is 3.57. The molecule has 5 rings (SSSR count). The van der Waals surface area contributed by atoms with Crippen LogP contribution in [0.3, 0.4) is 0 Å². The van der Waals surface area contributed by atoms with Crippen LogP contribution in [-0.2, 0) is 38.6 Å². The maximum Gasteiger partial charge on any atom is 0.309 e. The van der Waals surface area contributed by atoms with Gasteiger partial charge in [-0.1, -0.05) is 84.9 Å². The van der Waals surface area contributed by atoms with Gasteiger partial charge in [0, 0.05) is 13.0 Å². The van der Waals surface area contributed by atoms with E-state index in [1.54, 1.807) is 4.90 Å². The normalized spacial score (nSPS) is 22.3. The Kier molecular flexibility index (Phi) is 12.0. The van der Waals surface area contributed by atoms with Crippen LogP contribution in [0, 0.1) is 11.8 Å². The van der Waals surface area contributed by atoms with Gasteiger partial charge < -0.3 is 24.8 Å². The third-order valence-electron chi connectivity index (χ3n) is 8.79. The number of hydrogen-bond donors (Lipinski definition) is 2. The molecule has 8 nitrogen and oxygen atoms in total. The van der Waals surface area contributed by atoms with Crippen LogP contribution in [0.4, 0.5) is 0 Å². The highest BCUT2D eigenvalue weighted by molar-refractivity contribution is 5.86. The molecule has 2 aliphatic heterocycles. The molecule has 2 N–H and O–H groups in total. The quantitative estimate of drug-likeness (QED) is 0.242. The molecule has 2 amide bonds. The van der Waals surface area contributed by atoms with Crippen molar-refractivity contribution in [2.24, 2.45) is 11.8 Å². The van der Waals surface area contributed by atoms with Gasteiger partial charge in [-0.2, -0.15) is 0 Å². The molecular formula is C38H44N2O6. The summed E-state index contributed by atoms with van der Waals surface area (Å²) in [6.45, 7) is 1.00. The second kappa shape index (κ2) is 16.8. The Hall–Kier alpha value is -4.43. The molecule has 0 radical (unpaired) electrons. The van der Waals surface area contributed by atoms with Crippen LogP contribution in [0.2, 0.25) is 0 Å². The van der Waals surface area contributed by atoms with Gasteiger partial charge in [0.1, 0.15) is 19.0 Å². The number of benzene rings is 3. The number of aliphatic hydroxyl groups excluding tert-OH is 1. The molecule has 0 saturated carbocycles. The van der Waals surface area contributed by atoms with Gasteiger partial charge >= 0.3 is 5.97 Å². The highest BCUT2D eigenvalue weighted by Gasteiger charge is 2.32. The molecule has 3 aromatic carbocycles. The highest BCUT2D eigenvalue weighted by Crippen LogP contribution is 2.23. The number of nitrogens with one attached hydrogen (secondary N) is 1. The van der Waals surface area contributed by atoms with Crippen LogP contribution in [0.25, 0.3) is 0 Å². The van der Waals surface area contributed by atoms with E-state index >= 15 is 0 Å². The SMILES string of the molecule is O=C1NC(Cc2ccc(OCc3ccccc3)cc2)COC(=O)C(Cc2ccccc2)CC=CCC1CC(=O)N1CCCC1CO. The summed E-state index contributed by atoms with van der Waals surface area (Å²) in [6, 6.07) is 26.8. The predicted octanol–water partition coefficient (Wildman–Crippen LogP) is 5.03. The van der Waals surface area contributed by atoms with Crippen LogP contribution >= 0.6 is 0 Å². The van der Waals surface area contributed by atoms with Crippen molar-refractivity contribution in [2.75, 3.05) is 19.8 Å².